The number of nitrogens with zero attached hydrogens (tertiary/aromatic N) is 1. The van der Waals surface area contributed by atoms with Gasteiger partial charge in [-0.25, -0.2) is 8.42 Å². The maximum atomic E-state index is 12.5. The molecule has 0 bridgehead atoms. The highest BCUT2D eigenvalue weighted by molar-refractivity contribution is 7.91. The summed E-state index contributed by atoms with van der Waals surface area (Å²) in [6, 6.07) is 5.70. The molecule has 24 heavy (non-hydrogen) atoms. The molecule has 7 heteroatoms. The first kappa shape index (κ1) is 20.2. The van der Waals surface area contributed by atoms with Crippen molar-refractivity contribution in [2.75, 3.05) is 18.8 Å². The molecule has 0 unspecified atom stereocenters. The van der Waals surface area contributed by atoms with Gasteiger partial charge in [0.1, 0.15) is 6.54 Å². The minimum atomic E-state index is -3.34. The van der Waals surface area contributed by atoms with Crippen molar-refractivity contribution in [3.8, 4) is 0 Å². The van der Waals surface area contributed by atoms with Gasteiger partial charge in [0.25, 0.3) is 5.91 Å². The third kappa shape index (κ3) is 5.96. The lowest BCUT2D eigenvalue weighted by Crippen LogP contribution is -2.38. The highest BCUT2D eigenvalue weighted by Crippen LogP contribution is 2.16. The Morgan fingerprint density at radius 2 is 1.75 bits per heavy atom. The van der Waals surface area contributed by atoms with E-state index in [4.69, 9.17) is 5.11 Å². The van der Waals surface area contributed by atoms with Crippen molar-refractivity contribution in [1.82, 2.24) is 4.90 Å². The summed E-state index contributed by atoms with van der Waals surface area (Å²) in [5, 5.41) is 8.95. The summed E-state index contributed by atoms with van der Waals surface area (Å²) < 4.78 is 24.2. The molecule has 0 radical (unpaired) electrons. The number of carboxylic acids is 1. The first-order valence-corrected chi connectivity index (χ1v) is 9.66. The summed E-state index contributed by atoms with van der Waals surface area (Å²) in [6.07, 6.45) is 1.37. The minimum absolute atomic E-state index is 0.0787. The summed E-state index contributed by atoms with van der Waals surface area (Å²) in [5.41, 5.74) is 0.284. The molecule has 1 aromatic rings. The van der Waals surface area contributed by atoms with Gasteiger partial charge in [0.15, 0.2) is 9.84 Å². The van der Waals surface area contributed by atoms with E-state index in [1.807, 2.05) is 20.8 Å². The van der Waals surface area contributed by atoms with Gasteiger partial charge < -0.3 is 10.0 Å². The van der Waals surface area contributed by atoms with Gasteiger partial charge in [-0.15, -0.1) is 0 Å². The quantitative estimate of drug-likeness (QED) is 0.734. The smallest absolute Gasteiger partial charge is 0.323 e. The Bertz CT molecular complexity index is 665. The number of hydrogen-bond acceptors (Lipinski definition) is 4. The SMILES string of the molecule is CCCCS(=O)(=O)c1ccc(C(=O)N(CC(=O)O)CC(C)C)cc1. The van der Waals surface area contributed by atoms with E-state index in [1.165, 1.54) is 29.2 Å². The van der Waals surface area contributed by atoms with Crippen LogP contribution >= 0.6 is 0 Å². The number of carbonyl (C=O) groups is 2. The highest BCUT2D eigenvalue weighted by Gasteiger charge is 2.20. The normalized spacial score (nSPS) is 11.5. The first-order chi connectivity index (χ1) is 11.2. The number of carboxylic acid groups (broad SMARTS) is 1. The predicted molar refractivity (Wildman–Crippen MR) is 91.8 cm³/mol. The zero-order chi connectivity index (χ0) is 18.3. The van der Waals surface area contributed by atoms with Gasteiger partial charge in [-0.05, 0) is 36.6 Å². The summed E-state index contributed by atoms with van der Waals surface area (Å²) in [6.45, 7) is 5.65. The number of benzene rings is 1. The van der Waals surface area contributed by atoms with E-state index in [9.17, 15) is 18.0 Å². The summed E-state index contributed by atoms with van der Waals surface area (Å²) in [5.74, 6) is -1.29. The lowest BCUT2D eigenvalue weighted by molar-refractivity contribution is -0.137. The van der Waals surface area contributed by atoms with Crippen LogP contribution in [-0.4, -0.2) is 49.1 Å². The van der Waals surface area contributed by atoms with Crippen LogP contribution in [0.3, 0.4) is 0 Å². The number of amides is 1. The van der Waals surface area contributed by atoms with Crippen LogP contribution in [0.1, 0.15) is 44.0 Å². The second-order valence-electron chi connectivity index (χ2n) is 6.17. The molecule has 0 fully saturated rings. The molecule has 0 saturated heterocycles. The molecule has 0 heterocycles. The summed E-state index contributed by atoms with van der Waals surface area (Å²) in [4.78, 5) is 24.8. The molecule has 1 rings (SSSR count). The topological polar surface area (TPSA) is 91.8 Å². The van der Waals surface area contributed by atoms with Crippen molar-refractivity contribution in [2.45, 2.75) is 38.5 Å². The van der Waals surface area contributed by atoms with Crippen molar-refractivity contribution in [2.24, 2.45) is 5.92 Å². The van der Waals surface area contributed by atoms with Gasteiger partial charge in [0, 0.05) is 12.1 Å². The monoisotopic (exact) mass is 355 g/mol. The maximum absolute atomic E-state index is 12.5. The summed E-state index contributed by atoms with van der Waals surface area (Å²) in [7, 11) is -3.34. The van der Waals surface area contributed by atoms with Crippen LogP contribution in [0.15, 0.2) is 29.2 Å². The minimum Gasteiger partial charge on any atom is -0.480 e. The molecule has 0 atom stereocenters. The molecule has 0 aliphatic heterocycles. The molecule has 6 nitrogen and oxygen atoms in total. The Morgan fingerprint density at radius 3 is 2.21 bits per heavy atom. The van der Waals surface area contributed by atoms with E-state index in [0.717, 1.165) is 6.42 Å². The second-order valence-corrected chi connectivity index (χ2v) is 8.28. The predicted octanol–water partition coefficient (Wildman–Crippen LogP) is 2.44. The number of hydrogen-bond donors (Lipinski definition) is 1. The van der Waals surface area contributed by atoms with Gasteiger partial charge in [-0.3, -0.25) is 9.59 Å². The van der Waals surface area contributed by atoms with E-state index in [-0.39, 0.29) is 28.7 Å². The molecule has 0 aromatic heterocycles. The zero-order valence-electron chi connectivity index (χ0n) is 14.4. The number of rotatable bonds is 9. The fourth-order valence-corrected chi connectivity index (χ4v) is 3.72. The molecule has 1 N–H and O–H groups in total. The zero-order valence-corrected chi connectivity index (χ0v) is 15.2. The number of aliphatic carboxylic acids is 1. The number of unbranched alkanes of at least 4 members (excludes halogenated alkanes) is 1. The van der Waals surface area contributed by atoms with Crippen molar-refractivity contribution in [1.29, 1.82) is 0 Å². The molecule has 0 spiro atoms. The van der Waals surface area contributed by atoms with E-state index < -0.39 is 21.7 Å². The first-order valence-electron chi connectivity index (χ1n) is 8.01. The average molecular weight is 355 g/mol. The summed E-state index contributed by atoms with van der Waals surface area (Å²) >= 11 is 0. The van der Waals surface area contributed by atoms with Crippen LogP contribution < -0.4 is 0 Å². The highest BCUT2D eigenvalue weighted by atomic mass is 32.2. The van der Waals surface area contributed by atoms with Crippen LogP contribution in [0.25, 0.3) is 0 Å². The van der Waals surface area contributed by atoms with Crippen LogP contribution in [0.5, 0.6) is 0 Å². The Hall–Kier alpha value is -1.89. The Labute approximate surface area is 143 Å². The third-order valence-electron chi connectivity index (χ3n) is 3.43. The van der Waals surface area contributed by atoms with Crippen molar-refractivity contribution in [3.05, 3.63) is 29.8 Å². The van der Waals surface area contributed by atoms with Crippen molar-refractivity contribution in [3.63, 3.8) is 0 Å². The number of carbonyl (C=O) groups excluding carboxylic acids is 1. The van der Waals surface area contributed by atoms with Gasteiger partial charge in [-0.1, -0.05) is 27.2 Å². The molecule has 1 aromatic carbocycles. The van der Waals surface area contributed by atoms with Crippen LogP contribution in [0, 0.1) is 5.92 Å². The average Bonchev–Trinajstić information content (AvgIpc) is 2.51. The fraction of sp³-hybridized carbons (Fsp3) is 0.529. The van der Waals surface area contributed by atoms with E-state index in [0.29, 0.717) is 13.0 Å². The molecule has 0 saturated carbocycles. The fourth-order valence-electron chi connectivity index (χ4n) is 2.26. The van der Waals surface area contributed by atoms with Crippen molar-refractivity contribution >= 4 is 21.7 Å². The lowest BCUT2D eigenvalue weighted by atomic mass is 10.1. The lowest BCUT2D eigenvalue weighted by Gasteiger charge is -2.22. The molecular weight excluding hydrogens is 330 g/mol. The van der Waals surface area contributed by atoms with Gasteiger partial charge in [-0.2, -0.15) is 0 Å². The Kier molecular flexibility index (Phi) is 7.41. The Balaban J connectivity index is 2.97. The van der Waals surface area contributed by atoms with Gasteiger partial charge in [0.05, 0.1) is 10.6 Å². The van der Waals surface area contributed by atoms with Gasteiger partial charge >= 0.3 is 5.97 Å². The van der Waals surface area contributed by atoms with E-state index in [1.54, 1.807) is 0 Å². The van der Waals surface area contributed by atoms with Crippen molar-refractivity contribution < 1.29 is 23.1 Å². The van der Waals surface area contributed by atoms with Crippen LogP contribution in [-0.2, 0) is 14.6 Å². The number of sulfone groups is 1. The molecule has 0 aliphatic carbocycles. The van der Waals surface area contributed by atoms with E-state index in [2.05, 4.69) is 0 Å². The third-order valence-corrected chi connectivity index (χ3v) is 5.24. The largest absolute Gasteiger partial charge is 0.480 e. The van der Waals surface area contributed by atoms with Crippen LogP contribution in [0.2, 0.25) is 0 Å². The Morgan fingerprint density at radius 1 is 1.17 bits per heavy atom. The van der Waals surface area contributed by atoms with Crippen LogP contribution in [0.4, 0.5) is 0 Å². The second kappa shape index (κ2) is 8.82. The maximum Gasteiger partial charge on any atom is 0.323 e. The standard InChI is InChI=1S/C17H25NO5S/c1-4-5-10-24(22,23)15-8-6-14(7-9-15)17(21)18(11-13(2)3)12-16(19)20/h6-9,13H,4-5,10-12H2,1-3H3,(H,19,20). The molecule has 1 amide bonds. The molecule has 0 aliphatic rings. The van der Waals surface area contributed by atoms with E-state index >= 15 is 0 Å². The molecular formula is C17H25NO5S. The molecule has 134 valence electrons. The van der Waals surface area contributed by atoms with Gasteiger partial charge in [0.2, 0.25) is 0 Å².